The molecule has 8 nitrogen and oxygen atoms in total. The summed E-state index contributed by atoms with van der Waals surface area (Å²) in [6.07, 6.45) is 4.91. The quantitative estimate of drug-likeness (QED) is 0.625. The number of aromatic nitrogens is 3. The fourth-order valence-corrected chi connectivity index (χ4v) is 5.99. The van der Waals surface area contributed by atoms with Gasteiger partial charge in [0, 0.05) is 35.1 Å². The van der Waals surface area contributed by atoms with Crippen LogP contribution in [-0.2, 0) is 16.0 Å². The molecule has 188 valence electrons. The molecule has 0 radical (unpaired) electrons. The minimum Gasteiger partial charge on any atom is -0.391 e. The molecule has 35 heavy (non-hydrogen) atoms. The van der Waals surface area contributed by atoms with E-state index in [1.807, 2.05) is 33.0 Å². The van der Waals surface area contributed by atoms with Crippen molar-refractivity contribution in [1.29, 1.82) is 0 Å². The Labute approximate surface area is 215 Å². The number of halogens is 2. The summed E-state index contributed by atoms with van der Waals surface area (Å²) >= 11 is 12.6. The zero-order valence-electron chi connectivity index (χ0n) is 20.2. The number of amides is 2. The van der Waals surface area contributed by atoms with Gasteiger partial charge in [-0.15, -0.1) is 5.10 Å². The van der Waals surface area contributed by atoms with Gasteiger partial charge in [-0.2, -0.15) is 0 Å². The number of nitrogens with zero attached hydrogens (tertiary/aromatic N) is 4. The zero-order chi connectivity index (χ0) is 25.1. The lowest BCUT2D eigenvalue weighted by atomic mass is 9.85. The molecule has 1 aromatic carbocycles. The van der Waals surface area contributed by atoms with E-state index in [-0.39, 0.29) is 30.8 Å². The monoisotopic (exact) mass is 519 g/mol. The maximum absolute atomic E-state index is 13.9. The van der Waals surface area contributed by atoms with Gasteiger partial charge in [0.1, 0.15) is 12.1 Å². The van der Waals surface area contributed by atoms with E-state index in [9.17, 15) is 14.7 Å². The number of carbonyl (C=O) groups is 2. The Kier molecular flexibility index (Phi) is 6.34. The second-order valence-corrected chi connectivity index (χ2v) is 12.0. The molecular formula is C25H31Cl2N5O3. The van der Waals surface area contributed by atoms with Crippen molar-refractivity contribution < 1.29 is 14.7 Å². The highest BCUT2D eigenvalue weighted by Crippen LogP contribution is 2.41. The van der Waals surface area contributed by atoms with Crippen LogP contribution >= 0.6 is 23.2 Å². The van der Waals surface area contributed by atoms with E-state index in [4.69, 9.17) is 23.2 Å². The normalized spacial score (nSPS) is 25.0. The average Bonchev–Trinajstić information content (AvgIpc) is 3.17. The number of fused-ring (bicyclic) bond motifs is 1. The fraction of sp³-hybridized carbons (Fsp3) is 0.600. The van der Waals surface area contributed by atoms with Gasteiger partial charge in [-0.3, -0.25) is 9.59 Å². The van der Waals surface area contributed by atoms with Crippen molar-refractivity contribution in [2.24, 2.45) is 5.41 Å². The molecule has 0 spiro atoms. The van der Waals surface area contributed by atoms with Gasteiger partial charge in [0.05, 0.1) is 17.8 Å². The Hall–Kier alpha value is -2.16. The van der Waals surface area contributed by atoms with Gasteiger partial charge < -0.3 is 15.3 Å². The summed E-state index contributed by atoms with van der Waals surface area (Å²) in [5.74, 6) is -0.101. The topological polar surface area (TPSA) is 100 Å². The van der Waals surface area contributed by atoms with E-state index in [0.717, 1.165) is 36.1 Å². The van der Waals surface area contributed by atoms with E-state index >= 15 is 0 Å². The molecule has 10 heteroatoms. The van der Waals surface area contributed by atoms with Crippen LogP contribution in [0.4, 0.5) is 0 Å². The molecule has 4 atom stereocenters. The highest BCUT2D eigenvalue weighted by atomic mass is 35.5. The molecule has 2 N–H and O–H groups in total. The molecule has 2 fully saturated rings. The number of hydrogen-bond acceptors (Lipinski definition) is 5. The molecule has 5 rings (SSSR count). The second-order valence-electron chi connectivity index (χ2n) is 11.1. The Morgan fingerprint density at radius 3 is 2.63 bits per heavy atom. The number of nitrogens with one attached hydrogen (secondary N) is 1. The third-order valence-electron chi connectivity index (χ3n) is 7.28. The molecule has 2 heterocycles. The van der Waals surface area contributed by atoms with Crippen LogP contribution in [0.3, 0.4) is 0 Å². The van der Waals surface area contributed by atoms with Crippen LogP contribution in [-0.4, -0.2) is 55.5 Å². The molecule has 2 aromatic rings. The smallest absolute Gasteiger partial charge is 0.248 e. The van der Waals surface area contributed by atoms with Gasteiger partial charge in [0.25, 0.3) is 0 Å². The standard InChI is InChI=1S/C25H31Cl2N5O3/c1-25(2,3)22(32-12-20(29-30-32)13-4-5-13)24(35)31-11-15(33)10-21(31)23(34)28-19-7-6-16-17(19)8-14(26)9-18(16)27/h8-9,12-13,15,19,21-22,33H,4-7,10-11H2,1-3H3,(H,28,34)/t15-,19?,21+,22-/m1/s1. The summed E-state index contributed by atoms with van der Waals surface area (Å²) in [6.45, 7) is 6.02. The lowest BCUT2D eigenvalue weighted by Crippen LogP contribution is -2.50. The summed E-state index contributed by atoms with van der Waals surface area (Å²) < 4.78 is 1.63. The maximum atomic E-state index is 13.9. The lowest BCUT2D eigenvalue weighted by molar-refractivity contribution is -0.144. The maximum Gasteiger partial charge on any atom is 0.248 e. The third kappa shape index (κ3) is 4.80. The number of rotatable bonds is 5. The number of carbonyl (C=O) groups excluding carboxylic acids is 2. The van der Waals surface area contributed by atoms with Crippen molar-refractivity contribution >= 4 is 35.0 Å². The molecule has 2 amide bonds. The zero-order valence-corrected chi connectivity index (χ0v) is 21.7. The lowest BCUT2D eigenvalue weighted by Gasteiger charge is -2.34. The van der Waals surface area contributed by atoms with Gasteiger partial charge >= 0.3 is 0 Å². The van der Waals surface area contributed by atoms with E-state index in [2.05, 4.69) is 15.6 Å². The van der Waals surface area contributed by atoms with Crippen molar-refractivity contribution in [3.63, 3.8) is 0 Å². The summed E-state index contributed by atoms with van der Waals surface area (Å²) in [5, 5.41) is 23.2. The van der Waals surface area contributed by atoms with Crippen LogP contribution in [0.5, 0.6) is 0 Å². The SMILES string of the molecule is CC(C)(C)[C@@H](C(=O)N1C[C@H](O)C[C@H]1C(=O)NC1CCc2c(Cl)cc(Cl)cc21)n1cc(C2CC2)nn1. The van der Waals surface area contributed by atoms with E-state index in [0.29, 0.717) is 22.4 Å². The molecular weight excluding hydrogens is 489 g/mol. The first kappa shape index (κ1) is 24.5. The largest absolute Gasteiger partial charge is 0.391 e. The minimum atomic E-state index is -0.771. The van der Waals surface area contributed by atoms with E-state index in [1.54, 1.807) is 10.7 Å². The van der Waals surface area contributed by atoms with Crippen molar-refractivity contribution in [2.75, 3.05) is 6.54 Å². The highest BCUT2D eigenvalue weighted by Gasteiger charge is 2.46. The van der Waals surface area contributed by atoms with Gasteiger partial charge in [0.2, 0.25) is 11.8 Å². The molecule has 1 saturated heterocycles. The predicted molar refractivity (Wildman–Crippen MR) is 132 cm³/mol. The Morgan fingerprint density at radius 2 is 1.94 bits per heavy atom. The summed E-state index contributed by atoms with van der Waals surface area (Å²) in [7, 11) is 0. The van der Waals surface area contributed by atoms with Crippen LogP contribution in [0.1, 0.15) is 81.3 Å². The van der Waals surface area contributed by atoms with Gasteiger partial charge in [0.15, 0.2) is 0 Å². The molecule has 1 aromatic heterocycles. The van der Waals surface area contributed by atoms with Crippen LogP contribution in [0.25, 0.3) is 0 Å². The Bertz CT molecular complexity index is 1160. The first-order valence-electron chi connectivity index (χ1n) is 12.2. The molecule has 1 unspecified atom stereocenters. The Morgan fingerprint density at radius 1 is 1.20 bits per heavy atom. The average molecular weight is 520 g/mol. The van der Waals surface area contributed by atoms with Crippen molar-refractivity contribution in [1.82, 2.24) is 25.2 Å². The number of aliphatic hydroxyl groups is 1. The summed E-state index contributed by atoms with van der Waals surface area (Å²) in [6, 6.07) is 1.90. The first-order valence-corrected chi connectivity index (χ1v) is 13.0. The molecule has 0 bridgehead atoms. The highest BCUT2D eigenvalue weighted by molar-refractivity contribution is 6.35. The van der Waals surface area contributed by atoms with Gasteiger partial charge in [-0.05, 0) is 54.4 Å². The number of benzene rings is 1. The Balaban J connectivity index is 1.37. The first-order chi connectivity index (χ1) is 16.5. The fourth-order valence-electron chi connectivity index (χ4n) is 5.39. The number of likely N-dealkylation sites (tertiary alicyclic amines) is 1. The predicted octanol–water partition coefficient (Wildman–Crippen LogP) is 3.82. The van der Waals surface area contributed by atoms with Crippen molar-refractivity contribution in [3.05, 3.63) is 45.2 Å². The number of aliphatic hydroxyl groups excluding tert-OH is 1. The van der Waals surface area contributed by atoms with Crippen LogP contribution < -0.4 is 5.32 Å². The van der Waals surface area contributed by atoms with Gasteiger partial charge in [-0.25, -0.2) is 4.68 Å². The van der Waals surface area contributed by atoms with Crippen LogP contribution in [0.2, 0.25) is 10.0 Å². The second kappa shape index (κ2) is 9.05. The van der Waals surface area contributed by atoms with Crippen LogP contribution in [0, 0.1) is 5.41 Å². The number of hydrogen-bond donors (Lipinski definition) is 2. The minimum absolute atomic E-state index is 0.104. The third-order valence-corrected chi connectivity index (χ3v) is 7.83. The van der Waals surface area contributed by atoms with Crippen LogP contribution in [0.15, 0.2) is 18.3 Å². The molecule has 2 aliphatic carbocycles. The van der Waals surface area contributed by atoms with E-state index < -0.39 is 23.6 Å². The summed E-state index contributed by atoms with van der Waals surface area (Å²) in [5.41, 5.74) is 2.33. The summed E-state index contributed by atoms with van der Waals surface area (Å²) in [4.78, 5) is 28.8. The van der Waals surface area contributed by atoms with Crippen molar-refractivity contribution in [2.45, 2.75) is 83.0 Å². The molecule has 1 saturated carbocycles. The van der Waals surface area contributed by atoms with E-state index in [1.165, 1.54) is 4.90 Å². The number of β-amino-alcohol motifs (C(OH)–C–C–N with tert-alkyl or cyclic N) is 1. The van der Waals surface area contributed by atoms with Gasteiger partial charge in [-0.1, -0.05) is 49.2 Å². The molecule has 3 aliphatic rings. The van der Waals surface area contributed by atoms with Crippen molar-refractivity contribution in [3.8, 4) is 0 Å². The molecule has 1 aliphatic heterocycles.